The molecule has 7 N–H and O–H groups in total. The van der Waals surface area contributed by atoms with Crippen LogP contribution in [0.2, 0.25) is 0 Å². The van der Waals surface area contributed by atoms with Crippen LogP contribution in [0.1, 0.15) is 29.3 Å². The molecule has 3 rings (SSSR count). The molecule has 0 bridgehead atoms. The van der Waals surface area contributed by atoms with E-state index in [0.717, 1.165) is 0 Å². The van der Waals surface area contributed by atoms with E-state index in [1.165, 1.54) is 19.2 Å². The van der Waals surface area contributed by atoms with Crippen molar-refractivity contribution < 1.29 is 34.8 Å². The lowest BCUT2D eigenvalue weighted by Crippen LogP contribution is -2.73. The molecule has 2 aromatic rings. The molecule has 2 amide bonds. The Morgan fingerprint density at radius 1 is 1.22 bits per heavy atom. The normalized spacial score (nSPS) is 29.5. The van der Waals surface area contributed by atoms with Crippen LogP contribution in [0.3, 0.4) is 0 Å². The number of ether oxygens (including phenoxy) is 1. The van der Waals surface area contributed by atoms with Gasteiger partial charge in [0.1, 0.15) is 24.6 Å². The molecule has 1 heterocycles. The van der Waals surface area contributed by atoms with E-state index in [0.29, 0.717) is 11.3 Å². The van der Waals surface area contributed by atoms with Crippen LogP contribution in [0.15, 0.2) is 48.8 Å². The predicted molar refractivity (Wildman–Crippen MR) is 115 cm³/mol. The van der Waals surface area contributed by atoms with Crippen molar-refractivity contribution in [1.29, 1.82) is 0 Å². The summed E-state index contributed by atoms with van der Waals surface area (Å²) in [6.07, 6.45) is -1.15. The number of imide groups is 1. The van der Waals surface area contributed by atoms with E-state index in [9.17, 15) is 30.0 Å². The van der Waals surface area contributed by atoms with Gasteiger partial charge in [-0.1, -0.05) is 25.1 Å². The van der Waals surface area contributed by atoms with Crippen molar-refractivity contribution in [2.75, 3.05) is 0 Å². The van der Waals surface area contributed by atoms with Gasteiger partial charge < -0.3 is 25.2 Å². The minimum Gasteiger partial charge on any atom is -0.487 e. The highest BCUT2D eigenvalue weighted by Gasteiger charge is 2.59. The Labute approximate surface area is 190 Å². The zero-order chi connectivity index (χ0) is 22.8. The molecular weight excluding hydrogens is 442 g/mol. The van der Waals surface area contributed by atoms with Gasteiger partial charge in [-0.05, 0) is 18.2 Å². The third-order valence-electron chi connectivity index (χ3n) is 5.65. The number of carbonyl (C=O) groups excluding carboxylic acids is 2. The SMILES string of the molecule is CC1[C@@H](O)C(N)(O)[C@H](O)CC1(O)C(=O)NC(=O)c1ccccc1COc1cccnc1.Cl. The van der Waals surface area contributed by atoms with Crippen LogP contribution in [0.25, 0.3) is 0 Å². The van der Waals surface area contributed by atoms with E-state index in [1.807, 2.05) is 0 Å². The summed E-state index contributed by atoms with van der Waals surface area (Å²) in [7, 11) is 0. The van der Waals surface area contributed by atoms with E-state index < -0.39 is 47.7 Å². The quantitative estimate of drug-likeness (QED) is 0.249. The Morgan fingerprint density at radius 3 is 2.56 bits per heavy atom. The number of benzene rings is 1. The minimum atomic E-state index is -2.40. The summed E-state index contributed by atoms with van der Waals surface area (Å²) >= 11 is 0. The Morgan fingerprint density at radius 2 is 1.91 bits per heavy atom. The average molecular weight is 468 g/mol. The number of nitrogens with one attached hydrogen (secondary N) is 1. The maximum Gasteiger partial charge on any atom is 0.259 e. The third kappa shape index (κ3) is 4.90. The van der Waals surface area contributed by atoms with Gasteiger partial charge in [-0.15, -0.1) is 12.4 Å². The van der Waals surface area contributed by atoms with Gasteiger partial charge in [0, 0.05) is 29.7 Å². The topological polar surface area (TPSA) is 175 Å². The highest BCUT2D eigenvalue weighted by molar-refractivity contribution is 6.07. The van der Waals surface area contributed by atoms with Crippen molar-refractivity contribution in [3.63, 3.8) is 0 Å². The fourth-order valence-corrected chi connectivity index (χ4v) is 3.54. The molecular formula is C21H26ClN3O7. The highest BCUT2D eigenvalue weighted by atomic mass is 35.5. The summed E-state index contributed by atoms with van der Waals surface area (Å²) in [5.74, 6) is -2.69. The van der Waals surface area contributed by atoms with E-state index in [-0.39, 0.29) is 24.6 Å². The maximum atomic E-state index is 12.8. The highest BCUT2D eigenvalue weighted by Crippen LogP contribution is 2.37. The van der Waals surface area contributed by atoms with Gasteiger partial charge in [-0.2, -0.15) is 0 Å². The Bertz CT molecular complexity index is 959. The number of pyridine rings is 1. The molecule has 1 aliphatic carbocycles. The van der Waals surface area contributed by atoms with Crippen LogP contribution in [0, 0.1) is 5.92 Å². The summed E-state index contributed by atoms with van der Waals surface area (Å²) in [5.41, 5.74) is 1.39. The first-order valence-electron chi connectivity index (χ1n) is 9.63. The number of nitrogens with zero attached hydrogens (tertiary/aromatic N) is 1. The smallest absolute Gasteiger partial charge is 0.259 e. The Hall–Kier alpha value is -2.60. The molecule has 1 saturated carbocycles. The number of aliphatic hydroxyl groups excluding tert-OH is 2. The molecule has 1 aromatic heterocycles. The number of halogens is 1. The van der Waals surface area contributed by atoms with Crippen molar-refractivity contribution in [2.24, 2.45) is 11.7 Å². The van der Waals surface area contributed by atoms with Crippen molar-refractivity contribution >= 4 is 24.2 Å². The molecule has 1 fully saturated rings. The van der Waals surface area contributed by atoms with Crippen LogP contribution in [0.5, 0.6) is 5.75 Å². The predicted octanol–water partition coefficient (Wildman–Crippen LogP) is -0.521. The van der Waals surface area contributed by atoms with Crippen LogP contribution < -0.4 is 15.8 Å². The molecule has 0 saturated heterocycles. The monoisotopic (exact) mass is 467 g/mol. The van der Waals surface area contributed by atoms with Gasteiger partial charge in [-0.25, -0.2) is 0 Å². The summed E-state index contributed by atoms with van der Waals surface area (Å²) in [5, 5.41) is 43.1. The average Bonchev–Trinajstić information content (AvgIpc) is 2.76. The number of nitrogens with two attached hydrogens (primary N) is 1. The van der Waals surface area contributed by atoms with Crippen LogP contribution in [0.4, 0.5) is 0 Å². The molecule has 3 unspecified atom stereocenters. The molecule has 174 valence electrons. The Balaban J connectivity index is 0.00000363. The lowest BCUT2D eigenvalue weighted by atomic mass is 9.69. The summed E-state index contributed by atoms with van der Waals surface area (Å²) in [6.45, 7) is 1.32. The molecule has 11 heteroatoms. The van der Waals surface area contributed by atoms with E-state index >= 15 is 0 Å². The fourth-order valence-electron chi connectivity index (χ4n) is 3.54. The number of aromatic nitrogens is 1. The first-order chi connectivity index (χ1) is 14.6. The summed E-state index contributed by atoms with van der Waals surface area (Å²) in [4.78, 5) is 29.4. The number of carbonyl (C=O) groups is 2. The molecule has 0 aliphatic heterocycles. The zero-order valence-electron chi connectivity index (χ0n) is 17.2. The molecule has 5 atom stereocenters. The molecule has 1 aromatic carbocycles. The fraction of sp³-hybridized carbons (Fsp3) is 0.381. The zero-order valence-corrected chi connectivity index (χ0v) is 18.0. The van der Waals surface area contributed by atoms with Gasteiger partial charge >= 0.3 is 0 Å². The van der Waals surface area contributed by atoms with Gasteiger partial charge in [-0.3, -0.25) is 25.6 Å². The second-order valence-corrected chi connectivity index (χ2v) is 7.68. The largest absolute Gasteiger partial charge is 0.487 e. The van der Waals surface area contributed by atoms with Crippen molar-refractivity contribution in [1.82, 2.24) is 10.3 Å². The number of amides is 2. The molecule has 1 aliphatic rings. The summed E-state index contributed by atoms with van der Waals surface area (Å²) in [6, 6.07) is 9.84. The lowest BCUT2D eigenvalue weighted by Gasteiger charge is -2.48. The van der Waals surface area contributed by atoms with Gasteiger partial charge in [0.2, 0.25) is 0 Å². The number of rotatable bonds is 5. The van der Waals surface area contributed by atoms with Gasteiger partial charge in [0.25, 0.3) is 11.8 Å². The minimum absolute atomic E-state index is 0. The number of aliphatic hydroxyl groups is 4. The van der Waals surface area contributed by atoms with Crippen LogP contribution >= 0.6 is 12.4 Å². The van der Waals surface area contributed by atoms with Gasteiger partial charge in [0.05, 0.1) is 6.20 Å². The Kier molecular flexibility index (Phi) is 7.94. The number of hydrogen-bond donors (Lipinski definition) is 6. The van der Waals surface area contributed by atoms with Crippen LogP contribution in [-0.4, -0.2) is 60.8 Å². The summed E-state index contributed by atoms with van der Waals surface area (Å²) < 4.78 is 5.61. The molecule has 0 radical (unpaired) electrons. The second kappa shape index (κ2) is 9.90. The second-order valence-electron chi connectivity index (χ2n) is 7.68. The van der Waals surface area contributed by atoms with Crippen molar-refractivity contribution in [2.45, 2.75) is 43.5 Å². The van der Waals surface area contributed by atoms with Gasteiger partial charge in [0.15, 0.2) is 11.3 Å². The standard InChI is InChI=1S/C21H25N3O7.ClH/c1-12-17(26)21(22,30)16(25)9-20(12,29)19(28)24-18(27)15-7-3-2-5-13(15)11-31-14-6-4-8-23-10-14;/h2-8,10,12,16-17,25-26,29-30H,9,11,22H2,1H3,(H,24,27,28);1H/t12?,16-,17-,20?,21?;/m1./s1. The van der Waals surface area contributed by atoms with Crippen molar-refractivity contribution in [3.05, 3.63) is 59.9 Å². The first kappa shape index (κ1) is 25.7. The molecule has 32 heavy (non-hydrogen) atoms. The number of hydrogen-bond acceptors (Lipinski definition) is 9. The van der Waals surface area contributed by atoms with E-state index in [2.05, 4.69) is 10.3 Å². The third-order valence-corrected chi connectivity index (χ3v) is 5.65. The van der Waals surface area contributed by atoms with Crippen molar-refractivity contribution in [3.8, 4) is 5.75 Å². The van der Waals surface area contributed by atoms with E-state index in [1.54, 1.807) is 36.5 Å². The first-order valence-corrected chi connectivity index (χ1v) is 9.63. The molecule has 10 nitrogen and oxygen atoms in total. The van der Waals surface area contributed by atoms with E-state index in [4.69, 9.17) is 10.5 Å². The van der Waals surface area contributed by atoms with Crippen LogP contribution in [-0.2, 0) is 11.4 Å². The lowest BCUT2D eigenvalue weighted by molar-refractivity contribution is -0.233. The molecule has 0 spiro atoms. The maximum absolute atomic E-state index is 12.8.